The molecule has 3 aromatic rings. The van der Waals surface area contributed by atoms with Crippen molar-refractivity contribution >= 4 is 40.2 Å². The van der Waals surface area contributed by atoms with Crippen molar-refractivity contribution in [3.63, 3.8) is 0 Å². The molecule has 3 nitrogen and oxygen atoms in total. The molecule has 116 valence electrons. The number of aromatic nitrogens is 1. The summed E-state index contributed by atoms with van der Waals surface area (Å²) in [6.45, 7) is 1.44. The Morgan fingerprint density at radius 3 is 3.04 bits per heavy atom. The van der Waals surface area contributed by atoms with Crippen LogP contribution in [0, 0.1) is 0 Å². The number of amides is 1. The van der Waals surface area contributed by atoms with Crippen molar-refractivity contribution in [3.8, 4) is 10.6 Å². The van der Waals surface area contributed by atoms with E-state index in [-0.39, 0.29) is 5.91 Å². The Morgan fingerprint density at radius 1 is 1.26 bits per heavy atom. The lowest BCUT2D eigenvalue weighted by Gasteiger charge is -2.26. The lowest BCUT2D eigenvalue weighted by atomic mass is 10.1. The second-order valence-electron chi connectivity index (χ2n) is 5.39. The number of rotatable bonds is 2. The molecule has 3 heterocycles. The van der Waals surface area contributed by atoms with Gasteiger partial charge in [-0.05, 0) is 35.6 Å². The van der Waals surface area contributed by atoms with Gasteiger partial charge in [-0.3, -0.25) is 4.79 Å². The third-order valence-electron chi connectivity index (χ3n) is 3.89. The van der Waals surface area contributed by atoms with Crippen LogP contribution in [-0.2, 0) is 13.0 Å². The maximum Gasteiger partial charge on any atom is 0.273 e. The summed E-state index contributed by atoms with van der Waals surface area (Å²) < 4.78 is 0. The van der Waals surface area contributed by atoms with Gasteiger partial charge in [0, 0.05) is 33.9 Å². The number of nitrogens with zero attached hydrogens (tertiary/aromatic N) is 2. The standard InChI is InChI=1S/C17H13ClN2OS2/c18-13-3-1-2-11(8-13)16-19-14(10-23-16)17(21)20-6-4-15-12(9-20)5-7-22-15/h1-3,5,7-8,10H,4,6,9H2. The highest BCUT2D eigenvalue weighted by molar-refractivity contribution is 7.13. The molecular formula is C17H13ClN2OS2. The Balaban J connectivity index is 1.56. The molecule has 0 unspecified atom stereocenters. The Hall–Kier alpha value is -1.69. The first-order chi connectivity index (χ1) is 11.2. The Bertz CT molecular complexity index is 871. The maximum absolute atomic E-state index is 12.7. The van der Waals surface area contributed by atoms with Crippen molar-refractivity contribution in [2.75, 3.05) is 6.54 Å². The summed E-state index contributed by atoms with van der Waals surface area (Å²) in [5.41, 5.74) is 2.73. The summed E-state index contributed by atoms with van der Waals surface area (Å²) in [5, 5.41) is 5.43. The van der Waals surface area contributed by atoms with Crippen LogP contribution in [0.5, 0.6) is 0 Å². The van der Waals surface area contributed by atoms with Crippen LogP contribution in [0.15, 0.2) is 41.1 Å². The molecule has 1 aromatic carbocycles. The molecule has 0 radical (unpaired) electrons. The van der Waals surface area contributed by atoms with Crippen LogP contribution in [0.1, 0.15) is 20.9 Å². The average molecular weight is 361 g/mol. The van der Waals surface area contributed by atoms with E-state index in [1.807, 2.05) is 34.5 Å². The molecule has 1 amide bonds. The molecule has 23 heavy (non-hydrogen) atoms. The first-order valence-corrected chi connectivity index (χ1v) is 9.40. The second-order valence-corrected chi connectivity index (χ2v) is 7.69. The molecule has 1 aliphatic rings. The number of carbonyl (C=O) groups excluding carboxylic acids is 1. The predicted molar refractivity (Wildman–Crippen MR) is 95.3 cm³/mol. The topological polar surface area (TPSA) is 33.2 Å². The van der Waals surface area contributed by atoms with E-state index in [1.54, 1.807) is 11.3 Å². The van der Waals surface area contributed by atoms with Crippen LogP contribution in [0.4, 0.5) is 0 Å². The van der Waals surface area contributed by atoms with Gasteiger partial charge in [0.1, 0.15) is 10.7 Å². The number of fused-ring (bicyclic) bond motifs is 1. The van der Waals surface area contributed by atoms with Crippen LogP contribution in [-0.4, -0.2) is 22.3 Å². The monoisotopic (exact) mass is 360 g/mol. The zero-order valence-electron chi connectivity index (χ0n) is 12.2. The lowest BCUT2D eigenvalue weighted by molar-refractivity contribution is 0.0731. The number of hydrogen-bond acceptors (Lipinski definition) is 4. The molecule has 0 N–H and O–H groups in total. The molecule has 0 saturated carbocycles. The summed E-state index contributed by atoms with van der Waals surface area (Å²) in [4.78, 5) is 20.5. The first kappa shape index (κ1) is 14.9. The van der Waals surface area contributed by atoms with Crippen molar-refractivity contribution in [1.29, 1.82) is 0 Å². The summed E-state index contributed by atoms with van der Waals surface area (Å²) in [5.74, 6) is 0.00591. The van der Waals surface area contributed by atoms with Crippen LogP contribution < -0.4 is 0 Å². The van der Waals surface area contributed by atoms with Gasteiger partial charge in [-0.25, -0.2) is 4.98 Å². The van der Waals surface area contributed by atoms with Crippen LogP contribution in [0.3, 0.4) is 0 Å². The normalized spacial score (nSPS) is 13.9. The van der Waals surface area contributed by atoms with Crippen molar-refractivity contribution in [2.45, 2.75) is 13.0 Å². The Labute approximate surface area is 147 Å². The van der Waals surface area contributed by atoms with Crippen LogP contribution >= 0.6 is 34.3 Å². The van der Waals surface area contributed by atoms with Gasteiger partial charge in [0.25, 0.3) is 5.91 Å². The number of halogens is 1. The second kappa shape index (κ2) is 6.07. The predicted octanol–water partition coefficient (Wildman–Crippen LogP) is 4.72. The average Bonchev–Trinajstić information content (AvgIpc) is 3.22. The van der Waals surface area contributed by atoms with E-state index in [1.165, 1.54) is 21.8 Å². The summed E-state index contributed by atoms with van der Waals surface area (Å²) in [7, 11) is 0. The molecule has 0 bridgehead atoms. The Morgan fingerprint density at radius 2 is 2.17 bits per heavy atom. The van der Waals surface area contributed by atoms with Gasteiger partial charge in [-0.1, -0.05) is 23.7 Å². The summed E-state index contributed by atoms with van der Waals surface area (Å²) >= 11 is 9.27. The van der Waals surface area contributed by atoms with E-state index in [4.69, 9.17) is 11.6 Å². The lowest BCUT2D eigenvalue weighted by Crippen LogP contribution is -2.35. The van der Waals surface area contributed by atoms with Crippen molar-refractivity contribution in [3.05, 3.63) is 62.2 Å². The number of benzene rings is 1. The highest BCUT2D eigenvalue weighted by Gasteiger charge is 2.24. The maximum atomic E-state index is 12.7. The minimum atomic E-state index is 0.00591. The summed E-state index contributed by atoms with van der Waals surface area (Å²) in [6.07, 6.45) is 0.935. The number of hydrogen-bond donors (Lipinski definition) is 0. The Kier molecular flexibility index (Phi) is 3.93. The molecular weight excluding hydrogens is 348 g/mol. The molecule has 0 aliphatic carbocycles. The van der Waals surface area contributed by atoms with Gasteiger partial charge >= 0.3 is 0 Å². The minimum Gasteiger partial charge on any atom is -0.333 e. The van der Waals surface area contributed by atoms with Gasteiger partial charge in [0.05, 0.1) is 0 Å². The molecule has 4 rings (SSSR count). The van der Waals surface area contributed by atoms with E-state index >= 15 is 0 Å². The molecule has 0 fully saturated rings. The summed E-state index contributed by atoms with van der Waals surface area (Å²) in [6, 6.07) is 9.66. The highest BCUT2D eigenvalue weighted by atomic mass is 35.5. The van der Waals surface area contributed by atoms with Gasteiger partial charge in [0.2, 0.25) is 0 Å². The fourth-order valence-electron chi connectivity index (χ4n) is 2.71. The van der Waals surface area contributed by atoms with Crippen molar-refractivity contribution in [1.82, 2.24) is 9.88 Å². The quantitative estimate of drug-likeness (QED) is 0.662. The molecule has 0 spiro atoms. The molecule has 0 atom stereocenters. The van der Waals surface area contributed by atoms with Gasteiger partial charge in [0.15, 0.2) is 0 Å². The molecule has 1 aliphatic heterocycles. The van der Waals surface area contributed by atoms with E-state index < -0.39 is 0 Å². The molecule has 2 aromatic heterocycles. The van der Waals surface area contributed by atoms with Crippen molar-refractivity contribution in [2.24, 2.45) is 0 Å². The first-order valence-electron chi connectivity index (χ1n) is 7.27. The van der Waals surface area contributed by atoms with Gasteiger partial charge < -0.3 is 4.90 Å². The number of thiophene rings is 1. The fourth-order valence-corrected chi connectivity index (χ4v) is 4.58. The minimum absolute atomic E-state index is 0.00591. The van der Waals surface area contributed by atoms with Gasteiger partial charge in [-0.2, -0.15) is 0 Å². The third-order valence-corrected chi connectivity index (χ3v) is 6.04. The molecule has 6 heteroatoms. The van der Waals surface area contributed by atoms with Gasteiger partial charge in [-0.15, -0.1) is 22.7 Å². The van der Waals surface area contributed by atoms with E-state index in [9.17, 15) is 4.79 Å². The zero-order valence-corrected chi connectivity index (χ0v) is 14.5. The number of carbonyl (C=O) groups is 1. The van der Waals surface area contributed by atoms with E-state index in [0.29, 0.717) is 17.3 Å². The largest absolute Gasteiger partial charge is 0.333 e. The fraction of sp³-hybridized carbons (Fsp3) is 0.176. The molecule has 0 saturated heterocycles. The highest BCUT2D eigenvalue weighted by Crippen LogP contribution is 2.28. The SMILES string of the molecule is O=C(c1csc(-c2cccc(Cl)c2)n1)N1CCc2sccc2C1. The van der Waals surface area contributed by atoms with Crippen LogP contribution in [0.2, 0.25) is 5.02 Å². The number of thiazole rings is 1. The third kappa shape index (κ3) is 2.92. The smallest absolute Gasteiger partial charge is 0.273 e. The van der Waals surface area contributed by atoms with E-state index in [0.717, 1.165) is 23.5 Å². The van der Waals surface area contributed by atoms with Crippen molar-refractivity contribution < 1.29 is 4.79 Å². The van der Waals surface area contributed by atoms with E-state index in [2.05, 4.69) is 16.4 Å². The van der Waals surface area contributed by atoms with Crippen LogP contribution in [0.25, 0.3) is 10.6 Å². The zero-order chi connectivity index (χ0) is 15.8.